The molecule has 0 aromatic carbocycles. The van der Waals surface area contributed by atoms with Crippen molar-refractivity contribution in [1.29, 1.82) is 0 Å². The molecule has 0 spiro atoms. The molecular formula is C11H12N4. The minimum absolute atomic E-state index is 0.911. The van der Waals surface area contributed by atoms with Gasteiger partial charge < -0.3 is 4.98 Å². The van der Waals surface area contributed by atoms with Crippen LogP contribution in [-0.2, 0) is 6.42 Å². The van der Waals surface area contributed by atoms with Crippen molar-refractivity contribution in [2.75, 3.05) is 0 Å². The zero-order valence-electron chi connectivity index (χ0n) is 8.57. The highest BCUT2D eigenvalue weighted by Gasteiger charge is 2.05. The standard InChI is InChI=1S/C11H12N4/c1-2-3-9-6-10-13-7-8-4-5-12-11(8)15(10)14-9/h4-7,12H,2-3H2,1H3. The molecule has 4 nitrogen and oxygen atoms in total. The molecule has 0 radical (unpaired) electrons. The van der Waals surface area contributed by atoms with Crippen LogP contribution in [0.1, 0.15) is 19.0 Å². The molecule has 1 N–H and O–H groups in total. The number of aryl methyl sites for hydroxylation is 1. The number of nitrogens with zero attached hydrogens (tertiary/aromatic N) is 3. The second kappa shape index (κ2) is 3.08. The Kier molecular flexibility index (Phi) is 1.74. The van der Waals surface area contributed by atoms with Crippen LogP contribution in [0.2, 0.25) is 0 Å². The van der Waals surface area contributed by atoms with Crippen LogP contribution in [0.4, 0.5) is 0 Å². The highest BCUT2D eigenvalue weighted by molar-refractivity contribution is 5.77. The Balaban J connectivity index is 2.32. The van der Waals surface area contributed by atoms with Crippen LogP contribution in [0, 0.1) is 0 Å². The van der Waals surface area contributed by atoms with E-state index >= 15 is 0 Å². The first-order valence-corrected chi connectivity index (χ1v) is 5.19. The average Bonchev–Trinajstić information content (AvgIpc) is 2.80. The fourth-order valence-corrected chi connectivity index (χ4v) is 1.85. The first-order valence-electron chi connectivity index (χ1n) is 5.19. The van der Waals surface area contributed by atoms with Crippen LogP contribution in [0.5, 0.6) is 0 Å². The molecule has 0 bridgehead atoms. The van der Waals surface area contributed by atoms with E-state index in [9.17, 15) is 0 Å². The lowest BCUT2D eigenvalue weighted by Crippen LogP contribution is -1.92. The molecule has 0 aliphatic carbocycles. The van der Waals surface area contributed by atoms with Crippen LogP contribution in [0.3, 0.4) is 0 Å². The highest BCUT2D eigenvalue weighted by atomic mass is 15.3. The maximum atomic E-state index is 4.53. The van der Waals surface area contributed by atoms with Gasteiger partial charge in [-0.3, -0.25) is 0 Å². The number of hydrogen-bond acceptors (Lipinski definition) is 2. The quantitative estimate of drug-likeness (QED) is 0.689. The summed E-state index contributed by atoms with van der Waals surface area (Å²) < 4.78 is 1.88. The number of aromatic amines is 1. The molecule has 0 aliphatic rings. The van der Waals surface area contributed by atoms with Crippen LogP contribution in [0.15, 0.2) is 24.5 Å². The van der Waals surface area contributed by atoms with Gasteiger partial charge in [0.1, 0.15) is 5.65 Å². The van der Waals surface area contributed by atoms with E-state index in [0.717, 1.165) is 35.2 Å². The summed E-state index contributed by atoms with van der Waals surface area (Å²) in [5.74, 6) is 0. The molecule has 0 amide bonds. The molecule has 4 heteroatoms. The monoisotopic (exact) mass is 200 g/mol. The van der Waals surface area contributed by atoms with Crippen LogP contribution >= 0.6 is 0 Å². The van der Waals surface area contributed by atoms with Crippen molar-refractivity contribution >= 4 is 16.7 Å². The molecule has 0 atom stereocenters. The van der Waals surface area contributed by atoms with Gasteiger partial charge in [-0.05, 0) is 12.5 Å². The third kappa shape index (κ3) is 1.21. The van der Waals surface area contributed by atoms with E-state index in [1.165, 1.54) is 0 Å². The minimum Gasteiger partial charge on any atom is -0.346 e. The van der Waals surface area contributed by atoms with E-state index in [1.807, 2.05) is 29.0 Å². The number of fused-ring (bicyclic) bond motifs is 3. The van der Waals surface area contributed by atoms with Crippen molar-refractivity contribution in [2.45, 2.75) is 19.8 Å². The maximum Gasteiger partial charge on any atom is 0.157 e. The van der Waals surface area contributed by atoms with Gasteiger partial charge in [0.25, 0.3) is 0 Å². The summed E-state index contributed by atoms with van der Waals surface area (Å²) in [5.41, 5.74) is 3.03. The lowest BCUT2D eigenvalue weighted by molar-refractivity contribution is 0.843. The van der Waals surface area contributed by atoms with Crippen molar-refractivity contribution in [1.82, 2.24) is 19.6 Å². The zero-order chi connectivity index (χ0) is 10.3. The average molecular weight is 200 g/mol. The molecule has 0 saturated carbocycles. The second-order valence-electron chi connectivity index (χ2n) is 3.70. The van der Waals surface area contributed by atoms with E-state index in [1.54, 1.807) is 0 Å². The lowest BCUT2D eigenvalue weighted by atomic mass is 10.2. The molecule has 0 fully saturated rings. The fourth-order valence-electron chi connectivity index (χ4n) is 1.85. The molecule has 3 aromatic heterocycles. The summed E-state index contributed by atoms with van der Waals surface area (Å²) in [4.78, 5) is 7.54. The van der Waals surface area contributed by atoms with Gasteiger partial charge in [-0.1, -0.05) is 13.3 Å². The van der Waals surface area contributed by atoms with Crippen LogP contribution < -0.4 is 0 Å². The molecule has 0 unspecified atom stereocenters. The molecule has 0 saturated heterocycles. The number of H-pyrrole nitrogens is 1. The summed E-state index contributed by atoms with van der Waals surface area (Å²) in [6, 6.07) is 4.05. The van der Waals surface area contributed by atoms with Gasteiger partial charge in [0.2, 0.25) is 0 Å². The Morgan fingerprint density at radius 1 is 1.47 bits per heavy atom. The predicted octanol–water partition coefficient (Wildman–Crippen LogP) is 2.16. The molecule has 0 aliphatic heterocycles. The highest BCUT2D eigenvalue weighted by Crippen LogP contribution is 2.14. The van der Waals surface area contributed by atoms with E-state index in [0.29, 0.717) is 0 Å². The van der Waals surface area contributed by atoms with Gasteiger partial charge in [-0.25, -0.2) is 4.98 Å². The molecular weight excluding hydrogens is 188 g/mol. The molecule has 3 heterocycles. The second-order valence-corrected chi connectivity index (χ2v) is 3.70. The van der Waals surface area contributed by atoms with Crippen LogP contribution in [0.25, 0.3) is 16.7 Å². The topological polar surface area (TPSA) is 46.0 Å². The largest absolute Gasteiger partial charge is 0.346 e. The van der Waals surface area contributed by atoms with Gasteiger partial charge in [0.05, 0.1) is 5.69 Å². The Morgan fingerprint density at radius 2 is 2.40 bits per heavy atom. The van der Waals surface area contributed by atoms with Crippen molar-refractivity contribution in [3.63, 3.8) is 0 Å². The zero-order valence-corrected chi connectivity index (χ0v) is 8.57. The summed E-state index contributed by atoms with van der Waals surface area (Å²) >= 11 is 0. The number of rotatable bonds is 2. The first-order chi connectivity index (χ1) is 7.38. The van der Waals surface area contributed by atoms with E-state index in [2.05, 4.69) is 22.0 Å². The normalized spacial score (nSPS) is 11.5. The third-order valence-corrected chi connectivity index (χ3v) is 2.55. The molecule has 3 rings (SSSR count). The number of hydrogen-bond donors (Lipinski definition) is 1. The maximum absolute atomic E-state index is 4.53. The fraction of sp³-hybridized carbons (Fsp3) is 0.273. The van der Waals surface area contributed by atoms with Gasteiger partial charge in [-0.2, -0.15) is 9.61 Å². The smallest absolute Gasteiger partial charge is 0.157 e. The summed E-state index contributed by atoms with van der Waals surface area (Å²) in [6.07, 6.45) is 5.90. The van der Waals surface area contributed by atoms with Gasteiger partial charge >= 0.3 is 0 Å². The van der Waals surface area contributed by atoms with Gasteiger partial charge in [0, 0.05) is 23.8 Å². The summed E-state index contributed by atoms with van der Waals surface area (Å²) in [6.45, 7) is 2.15. The van der Waals surface area contributed by atoms with E-state index in [-0.39, 0.29) is 0 Å². The van der Waals surface area contributed by atoms with Crippen molar-refractivity contribution in [3.8, 4) is 0 Å². The van der Waals surface area contributed by atoms with Gasteiger partial charge in [0.15, 0.2) is 5.65 Å². The Hall–Kier alpha value is -1.84. The first kappa shape index (κ1) is 8.47. The number of aromatic nitrogens is 4. The number of nitrogens with one attached hydrogen (secondary N) is 1. The Labute approximate surface area is 86.9 Å². The minimum atomic E-state index is 0.911. The molecule has 15 heavy (non-hydrogen) atoms. The van der Waals surface area contributed by atoms with Crippen molar-refractivity contribution in [2.24, 2.45) is 0 Å². The lowest BCUT2D eigenvalue weighted by Gasteiger charge is -1.93. The Morgan fingerprint density at radius 3 is 3.27 bits per heavy atom. The SMILES string of the molecule is CCCc1cc2ncc3cc[nH]c3n2n1. The van der Waals surface area contributed by atoms with E-state index < -0.39 is 0 Å². The van der Waals surface area contributed by atoms with E-state index in [4.69, 9.17) is 0 Å². The summed E-state index contributed by atoms with van der Waals surface area (Å²) in [7, 11) is 0. The summed E-state index contributed by atoms with van der Waals surface area (Å²) in [5, 5.41) is 5.62. The van der Waals surface area contributed by atoms with Crippen molar-refractivity contribution < 1.29 is 0 Å². The third-order valence-electron chi connectivity index (χ3n) is 2.55. The Bertz CT molecular complexity index is 605. The molecule has 76 valence electrons. The molecule has 3 aromatic rings. The van der Waals surface area contributed by atoms with Crippen LogP contribution in [-0.4, -0.2) is 19.6 Å². The predicted molar refractivity (Wildman–Crippen MR) is 58.8 cm³/mol. The van der Waals surface area contributed by atoms with Crippen molar-refractivity contribution in [3.05, 3.63) is 30.2 Å². The van der Waals surface area contributed by atoms with Gasteiger partial charge in [-0.15, -0.1) is 0 Å².